The van der Waals surface area contributed by atoms with E-state index in [9.17, 15) is 4.79 Å². The van der Waals surface area contributed by atoms with Crippen LogP contribution < -0.4 is 0 Å². The molecule has 0 aromatic heterocycles. The highest BCUT2D eigenvalue weighted by molar-refractivity contribution is 7.99. The van der Waals surface area contributed by atoms with E-state index in [1.165, 1.54) is 0 Å². The van der Waals surface area contributed by atoms with Gasteiger partial charge in [-0.25, -0.2) is 0 Å². The van der Waals surface area contributed by atoms with Crippen molar-refractivity contribution < 1.29 is 4.79 Å². The molecule has 78 valence electrons. The lowest BCUT2D eigenvalue weighted by Crippen LogP contribution is -2.42. The Kier molecular flexibility index (Phi) is 5.06. The molecule has 0 radical (unpaired) electrons. The number of terminal acetylenes is 1. The van der Waals surface area contributed by atoms with E-state index in [0.29, 0.717) is 11.8 Å². The van der Waals surface area contributed by atoms with Crippen LogP contribution in [0.4, 0.5) is 0 Å². The maximum absolute atomic E-state index is 11.1. The number of likely N-dealkylation sites (tertiary alicyclic amines) is 1. The Labute approximate surface area is 90.4 Å². The molecular weight excluding hydrogens is 194 g/mol. The lowest BCUT2D eigenvalue weighted by Gasteiger charge is -2.32. The van der Waals surface area contributed by atoms with Crippen LogP contribution in [0.3, 0.4) is 0 Å². The minimum absolute atomic E-state index is 0.407. The number of piperidine rings is 1. The van der Waals surface area contributed by atoms with Gasteiger partial charge in [-0.15, -0.1) is 18.2 Å². The molecule has 1 unspecified atom stereocenters. The Morgan fingerprint density at radius 3 is 3.14 bits per heavy atom. The number of carbonyl (C=O) groups excluding carboxylic acids is 1. The highest BCUT2D eigenvalue weighted by Crippen LogP contribution is 2.14. The van der Waals surface area contributed by atoms with Crippen molar-refractivity contribution in [2.24, 2.45) is 0 Å². The first-order chi connectivity index (χ1) is 6.74. The molecule has 0 aliphatic carbocycles. The van der Waals surface area contributed by atoms with Crippen molar-refractivity contribution >= 4 is 17.5 Å². The Balaban J connectivity index is 2.18. The van der Waals surface area contributed by atoms with E-state index in [1.54, 1.807) is 11.8 Å². The number of Topliss-reactive ketones (excluding diaryl/α,β-unsaturated/α-hetero) is 1. The zero-order valence-corrected chi connectivity index (χ0v) is 9.48. The number of hydrogen-bond donors (Lipinski definition) is 0. The largest absolute Gasteiger partial charge is 0.300 e. The Bertz CT molecular complexity index is 234. The van der Waals surface area contributed by atoms with Gasteiger partial charge < -0.3 is 0 Å². The fourth-order valence-corrected chi connectivity index (χ4v) is 2.32. The normalized spacial score (nSPS) is 23.4. The number of thioether (sulfide) groups is 1. The summed E-state index contributed by atoms with van der Waals surface area (Å²) < 4.78 is 0. The molecule has 0 N–H and O–H groups in total. The first kappa shape index (κ1) is 11.6. The second kappa shape index (κ2) is 6.10. The SMILES string of the molecule is C#CCSCCN1CCC(=O)CC1C. The minimum Gasteiger partial charge on any atom is -0.300 e. The lowest BCUT2D eigenvalue weighted by molar-refractivity contribution is -0.122. The van der Waals surface area contributed by atoms with Crippen LogP contribution in [0.15, 0.2) is 0 Å². The van der Waals surface area contributed by atoms with Crippen molar-refractivity contribution in [2.75, 3.05) is 24.6 Å². The van der Waals surface area contributed by atoms with Crippen molar-refractivity contribution in [2.45, 2.75) is 25.8 Å². The van der Waals surface area contributed by atoms with Gasteiger partial charge >= 0.3 is 0 Å². The molecule has 1 aliphatic heterocycles. The van der Waals surface area contributed by atoms with Crippen molar-refractivity contribution in [3.05, 3.63) is 0 Å². The standard InChI is InChI=1S/C11H17NOS/c1-3-7-14-8-6-12-5-4-11(13)9-10(12)2/h1,10H,4-9H2,2H3. The van der Waals surface area contributed by atoms with Gasteiger partial charge in [0.05, 0.1) is 5.75 Å². The molecule has 1 saturated heterocycles. The molecule has 3 heteroatoms. The van der Waals surface area contributed by atoms with Crippen LogP contribution in [-0.2, 0) is 4.79 Å². The van der Waals surface area contributed by atoms with E-state index in [4.69, 9.17) is 6.42 Å². The molecule has 1 aliphatic rings. The summed E-state index contributed by atoms with van der Waals surface area (Å²) in [4.78, 5) is 13.5. The zero-order valence-electron chi connectivity index (χ0n) is 8.66. The smallest absolute Gasteiger partial charge is 0.135 e. The molecule has 14 heavy (non-hydrogen) atoms. The van der Waals surface area contributed by atoms with Gasteiger partial charge in [0.1, 0.15) is 5.78 Å². The molecular formula is C11H17NOS. The van der Waals surface area contributed by atoms with Crippen LogP contribution in [-0.4, -0.2) is 41.3 Å². The van der Waals surface area contributed by atoms with Crippen LogP contribution >= 0.6 is 11.8 Å². The van der Waals surface area contributed by atoms with Gasteiger partial charge in [0.15, 0.2) is 0 Å². The summed E-state index contributed by atoms with van der Waals surface area (Å²) in [6.45, 7) is 4.11. The van der Waals surface area contributed by atoms with E-state index in [-0.39, 0.29) is 0 Å². The summed E-state index contributed by atoms with van der Waals surface area (Å²) in [5.41, 5.74) is 0. The Hall–Kier alpha value is -0.460. The summed E-state index contributed by atoms with van der Waals surface area (Å²) >= 11 is 1.79. The molecule has 1 rings (SSSR count). The van der Waals surface area contributed by atoms with E-state index < -0.39 is 0 Å². The van der Waals surface area contributed by atoms with Crippen LogP contribution in [0.25, 0.3) is 0 Å². The Morgan fingerprint density at radius 2 is 2.50 bits per heavy atom. The molecule has 0 aromatic rings. The monoisotopic (exact) mass is 211 g/mol. The van der Waals surface area contributed by atoms with Crippen molar-refractivity contribution in [1.29, 1.82) is 0 Å². The summed E-state index contributed by atoms with van der Waals surface area (Å²) in [5, 5.41) is 0. The van der Waals surface area contributed by atoms with Crippen LogP contribution in [0.1, 0.15) is 19.8 Å². The number of hydrogen-bond acceptors (Lipinski definition) is 3. The van der Waals surface area contributed by atoms with Gasteiger partial charge in [0, 0.05) is 37.7 Å². The topological polar surface area (TPSA) is 20.3 Å². The number of rotatable bonds is 4. The average Bonchev–Trinajstić information content (AvgIpc) is 2.15. The zero-order chi connectivity index (χ0) is 10.4. The number of carbonyl (C=O) groups is 1. The van der Waals surface area contributed by atoms with Crippen LogP contribution in [0, 0.1) is 12.3 Å². The third-order valence-electron chi connectivity index (χ3n) is 2.53. The number of nitrogens with zero attached hydrogens (tertiary/aromatic N) is 1. The fourth-order valence-electron chi connectivity index (χ4n) is 1.69. The molecule has 1 fully saturated rings. The highest BCUT2D eigenvalue weighted by Gasteiger charge is 2.22. The summed E-state index contributed by atoms with van der Waals surface area (Å²) in [6.07, 6.45) is 6.61. The van der Waals surface area contributed by atoms with Gasteiger partial charge in [-0.3, -0.25) is 9.69 Å². The molecule has 1 atom stereocenters. The van der Waals surface area contributed by atoms with Gasteiger partial charge in [-0.05, 0) is 6.92 Å². The molecule has 0 saturated carbocycles. The van der Waals surface area contributed by atoms with Gasteiger partial charge in [-0.1, -0.05) is 5.92 Å². The van der Waals surface area contributed by atoms with Crippen molar-refractivity contribution in [1.82, 2.24) is 4.90 Å². The van der Waals surface area contributed by atoms with Crippen LogP contribution in [0.2, 0.25) is 0 Å². The third-order valence-corrected chi connectivity index (χ3v) is 3.37. The maximum Gasteiger partial charge on any atom is 0.135 e. The first-order valence-corrected chi connectivity index (χ1v) is 6.16. The molecule has 0 aromatic carbocycles. The lowest BCUT2D eigenvalue weighted by atomic mass is 10.0. The second-order valence-corrected chi connectivity index (χ2v) is 4.74. The highest BCUT2D eigenvalue weighted by atomic mass is 32.2. The molecule has 0 spiro atoms. The fraction of sp³-hybridized carbons (Fsp3) is 0.727. The molecule has 0 bridgehead atoms. The maximum atomic E-state index is 11.1. The quantitative estimate of drug-likeness (QED) is 0.518. The Morgan fingerprint density at radius 1 is 1.71 bits per heavy atom. The van der Waals surface area contributed by atoms with Crippen molar-refractivity contribution in [3.63, 3.8) is 0 Å². The number of ketones is 1. The summed E-state index contributed by atoms with van der Waals surface area (Å²) in [7, 11) is 0. The second-order valence-electron chi connectivity index (χ2n) is 3.63. The van der Waals surface area contributed by atoms with Gasteiger partial charge in [0.25, 0.3) is 0 Å². The molecule has 2 nitrogen and oxygen atoms in total. The third kappa shape index (κ3) is 3.73. The van der Waals surface area contributed by atoms with E-state index >= 15 is 0 Å². The average molecular weight is 211 g/mol. The van der Waals surface area contributed by atoms with E-state index in [0.717, 1.165) is 37.4 Å². The van der Waals surface area contributed by atoms with Crippen LogP contribution in [0.5, 0.6) is 0 Å². The molecule has 1 heterocycles. The predicted molar refractivity (Wildman–Crippen MR) is 61.4 cm³/mol. The molecule has 0 amide bonds. The van der Waals surface area contributed by atoms with E-state index in [1.807, 2.05) is 0 Å². The van der Waals surface area contributed by atoms with Crippen molar-refractivity contribution in [3.8, 4) is 12.3 Å². The summed E-state index contributed by atoms with van der Waals surface area (Å²) in [6, 6.07) is 0.419. The predicted octanol–water partition coefficient (Wildman–Crippen LogP) is 1.41. The first-order valence-electron chi connectivity index (χ1n) is 5.01. The van der Waals surface area contributed by atoms with E-state index in [2.05, 4.69) is 17.7 Å². The minimum atomic E-state index is 0.407. The van der Waals surface area contributed by atoms with Gasteiger partial charge in [-0.2, -0.15) is 0 Å². The summed E-state index contributed by atoms with van der Waals surface area (Å²) in [5.74, 6) is 4.89. The van der Waals surface area contributed by atoms with Gasteiger partial charge in [0.2, 0.25) is 0 Å².